The monoisotopic (exact) mass is 116 g/mol. The first-order valence-electron chi connectivity index (χ1n) is 3.17. The van der Waals surface area contributed by atoms with Crippen molar-refractivity contribution in [2.24, 2.45) is 5.92 Å². The molecule has 0 unspecified atom stereocenters. The molecule has 1 heteroatoms. The minimum absolute atomic E-state index is 0.631. The van der Waals surface area contributed by atoms with E-state index in [1.165, 1.54) is 5.92 Å². The minimum Gasteiger partial charge on any atom is -0.253 e. The van der Waals surface area contributed by atoms with Gasteiger partial charge in [0.25, 0.3) is 0 Å². The molecule has 2 aliphatic rings. The molecule has 0 nitrogen and oxygen atoms in total. The van der Waals surface area contributed by atoms with Crippen molar-refractivity contribution in [2.75, 3.05) is 17.3 Å². The highest BCUT2D eigenvalue weighted by atomic mass is 32.2. The van der Waals surface area contributed by atoms with Crippen LogP contribution in [-0.4, -0.2) is 17.3 Å². The van der Waals surface area contributed by atoms with E-state index in [1.807, 2.05) is 0 Å². The summed E-state index contributed by atoms with van der Waals surface area (Å²) in [5.74, 6) is 6.10. The maximum absolute atomic E-state index is 1.65. The van der Waals surface area contributed by atoms with Crippen LogP contribution < -0.4 is 0 Å². The molecule has 2 aliphatic heterocycles. The lowest BCUT2D eigenvalue weighted by atomic mass is 10.1. The Labute approximate surface area is 47.6 Å². The molecule has 0 aromatic rings. The van der Waals surface area contributed by atoms with Gasteiger partial charge in [0.05, 0.1) is 0 Å². The van der Waals surface area contributed by atoms with Crippen molar-refractivity contribution in [3.63, 3.8) is 0 Å². The summed E-state index contributed by atoms with van der Waals surface area (Å²) in [7, 11) is 0.631. The maximum atomic E-state index is 1.65. The number of hydrogen-bond acceptors (Lipinski definition) is 0. The number of rotatable bonds is 0. The van der Waals surface area contributed by atoms with E-state index in [0.717, 1.165) is 0 Å². The SMILES string of the molecule is C1C[SH]2CCC1C2. The fourth-order valence-corrected chi connectivity index (χ4v) is 4.86. The van der Waals surface area contributed by atoms with Gasteiger partial charge in [-0.25, -0.2) is 0 Å². The van der Waals surface area contributed by atoms with E-state index < -0.39 is 0 Å². The quantitative estimate of drug-likeness (QED) is 0.454. The van der Waals surface area contributed by atoms with Crippen molar-refractivity contribution in [1.82, 2.24) is 0 Å². The smallest absolute Gasteiger partial charge is 0.0224 e. The van der Waals surface area contributed by atoms with Crippen LogP contribution in [0.15, 0.2) is 0 Å². The Hall–Kier alpha value is 0.350. The molecule has 42 valence electrons. The molecule has 0 radical (unpaired) electrons. The largest absolute Gasteiger partial charge is 0.253 e. The summed E-state index contributed by atoms with van der Waals surface area (Å²) in [4.78, 5) is 0. The summed E-state index contributed by atoms with van der Waals surface area (Å²) in [6, 6.07) is 0. The maximum Gasteiger partial charge on any atom is -0.0224 e. The van der Waals surface area contributed by atoms with Crippen LogP contribution in [0.3, 0.4) is 0 Å². The third-order valence-corrected chi connectivity index (χ3v) is 5.04. The molecule has 0 aromatic carbocycles. The molecule has 0 amide bonds. The number of fused-ring (bicyclic) bond motifs is 2. The van der Waals surface area contributed by atoms with Gasteiger partial charge in [-0.15, -0.1) is 0 Å². The van der Waals surface area contributed by atoms with Gasteiger partial charge in [-0.2, -0.15) is 0 Å². The number of hydrogen-bond donors (Lipinski definition) is 1. The van der Waals surface area contributed by atoms with Gasteiger partial charge in [-0.05, 0) is 36.0 Å². The van der Waals surface area contributed by atoms with Crippen LogP contribution in [0.4, 0.5) is 0 Å². The molecule has 2 heterocycles. The first-order chi connectivity index (χ1) is 3.45. The zero-order valence-electron chi connectivity index (χ0n) is 4.56. The molecular weight excluding hydrogens is 104 g/mol. The first-order valence-corrected chi connectivity index (χ1v) is 5.07. The Morgan fingerprint density at radius 1 is 1.14 bits per heavy atom. The number of thiol groups is 1. The van der Waals surface area contributed by atoms with E-state index in [2.05, 4.69) is 0 Å². The van der Waals surface area contributed by atoms with Gasteiger partial charge in [0, 0.05) is 0 Å². The molecular formula is C6H12S. The second-order valence-corrected chi connectivity index (χ2v) is 5.35. The lowest BCUT2D eigenvalue weighted by Gasteiger charge is -2.08. The van der Waals surface area contributed by atoms with Gasteiger partial charge in [0.1, 0.15) is 0 Å². The highest BCUT2D eigenvalue weighted by molar-refractivity contribution is 8.17. The standard InChI is InChI=1S/C6H12S/c1-3-7-4-2-6(1)5-7/h6-7H,1-5H2. The summed E-state index contributed by atoms with van der Waals surface area (Å²) < 4.78 is 0. The van der Waals surface area contributed by atoms with E-state index >= 15 is 0 Å². The Morgan fingerprint density at radius 3 is 2.00 bits per heavy atom. The molecule has 2 fully saturated rings. The fourth-order valence-electron chi connectivity index (χ4n) is 1.72. The zero-order chi connectivity index (χ0) is 4.69. The fraction of sp³-hybridized carbons (Fsp3) is 1.00. The van der Waals surface area contributed by atoms with Gasteiger partial charge in [0.15, 0.2) is 0 Å². The van der Waals surface area contributed by atoms with Crippen molar-refractivity contribution in [3.8, 4) is 0 Å². The van der Waals surface area contributed by atoms with Crippen LogP contribution in [0.25, 0.3) is 0 Å². The predicted molar refractivity (Wildman–Crippen MR) is 36.3 cm³/mol. The van der Waals surface area contributed by atoms with Gasteiger partial charge in [-0.1, -0.05) is 0 Å². The summed E-state index contributed by atoms with van der Waals surface area (Å²) in [6.45, 7) is 0. The third kappa shape index (κ3) is 0.584. The third-order valence-electron chi connectivity index (χ3n) is 2.22. The Kier molecular flexibility index (Phi) is 0.857. The predicted octanol–water partition coefficient (Wildman–Crippen LogP) is 1.41. The van der Waals surface area contributed by atoms with E-state index in [0.29, 0.717) is 10.9 Å². The van der Waals surface area contributed by atoms with Gasteiger partial charge >= 0.3 is 0 Å². The minimum atomic E-state index is 0.631. The van der Waals surface area contributed by atoms with Crippen LogP contribution in [0, 0.1) is 5.92 Å². The summed E-state index contributed by atoms with van der Waals surface area (Å²) >= 11 is 0. The summed E-state index contributed by atoms with van der Waals surface area (Å²) in [5.41, 5.74) is 0. The molecule has 0 aromatic heterocycles. The average molecular weight is 116 g/mol. The van der Waals surface area contributed by atoms with E-state index in [4.69, 9.17) is 0 Å². The van der Waals surface area contributed by atoms with Crippen LogP contribution in [0.5, 0.6) is 0 Å². The molecule has 7 heavy (non-hydrogen) atoms. The molecule has 0 aliphatic carbocycles. The molecule has 0 atom stereocenters. The van der Waals surface area contributed by atoms with Crippen LogP contribution in [0.1, 0.15) is 12.8 Å². The van der Waals surface area contributed by atoms with Crippen LogP contribution in [0.2, 0.25) is 0 Å². The second-order valence-electron chi connectivity index (χ2n) is 2.74. The molecule has 2 bridgehead atoms. The topological polar surface area (TPSA) is 0 Å². The normalized spacial score (nSPS) is 53.1. The molecule has 0 N–H and O–H groups in total. The highest BCUT2D eigenvalue weighted by Gasteiger charge is 2.27. The lowest BCUT2D eigenvalue weighted by molar-refractivity contribution is 0.589. The molecule has 2 saturated heterocycles. The molecule has 0 spiro atoms. The van der Waals surface area contributed by atoms with Gasteiger partial charge in [0.2, 0.25) is 0 Å². The van der Waals surface area contributed by atoms with Crippen molar-refractivity contribution in [1.29, 1.82) is 0 Å². The highest BCUT2D eigenvalue weighted by Crippen LogP contribution is 2.47. The van der Waals surface area contributed by atoms with Crippen molar-refractivity contribution < 1.29 is 0 Å². The van der Waals surface area contributed by atoms with E-state index in [9.17, 15) is 0 Å². The van der Waals surface area contributed by atoms with Gasteiger partial charge < -0.3 is 0 Å². The van der Waals surface area contributed by atoms with Crippen molar-refractivity contribution in [3.05, 3.63) is 0 Å². The van der Waals surface area contributed by atoms with Crippen LogP contribution >= 0.6 is 10.9 Å². The lowest BCUT2D eigenvalue weighted by Crippen LogP contribution is -1.95. The van der Waals surface area contributed by atoms with Crippen LogP contribution in [-0.2, 0) is 0 Å². The summed E-state index contributed by atoms with van der Waals surface area (Å²) in [6.07, 6.45) is 3.18. The van der Waals surface area contributed by atoms with E-state index in [1.54, 1.807) is 30.1 Å². The van der Waals surface area contributed by atoms with Crippen molar-refractivity contribution >= 4 is 10.9 Å². The van der Waals surface area contributed by atoms with Crippen molar-refractivity contribution in [2.45, 2.75) is 12.8 Å². The Morgan fingerprint density at radius 2 is 1.86 bits per heavy atom. The average Bonchev–Trinajstić information content (AvgIpc) is 2.22. The first kappa shape index (κ1) is 4.25. The van der Waals surface area contributed by atoms with E-state index in [-0.39, 0.29) is 0 Å². The van der Waals surface area contributed by atoms with Gasteiger partial charge in [-0.3, -0.25) is 10.9 Å². The zero-order valence-corrected chi connectivity index (χ0v) is 5.45. The Bertz CT molecular complexity index is 62.2. The molecule has 0 saturated carbocycles. The molecule has 2 rings (SSSR count). The summed E-state index contributed by atoms with van der Waals surface area (Å²) in [5, 5.41) is 0. The second kappa shape index (κ2) is 1.41. The Balaban J connectivity index is 2.12.